The molecule has 5 heteroatoms. The second-order valence-corrected chi connectivity index (χ2v) is 5.97. The van der Waals surface area contributed by atoms with Crippen LogP contribution in [0.15, 0.2) is 0 Å². The molecule has 5 nitrogen and oxygen atoms in total. The summed E-state index contributed by atoms with van der Waals surface area (Å²) in [4.78, 5) is 25.6. The molecule has 2 amide bonds. The van der Waals surface area contributed by atoms with E-state index >= 15 is 0 Å². The smallest absolute Gasteiger partial charge is 0.242 e. The van der Waals surface area contributed by atoms with Gasteiger partial charge in [-0.1, -0.05) is 26.7 Å². The Morgan fingerprint density at radius 2 is 1.70 bits per heavy atom. The molecule has 2 N–H and O–H groups in total. The lowest BCUT2D eigenvalue weighted by atomic mass is 10.0. The maximum Gasteiger partial charge on any atom is 0.242 e. The number of nitrogens with one attached hydrogen (secondary N) is 2. The van der Waals surface area contributed by atoms with E-state index in [1.54, 1.807) is 0 Å². The second-order valence-electron chi connectivity index (χ2n) is 5.97. The molecule has 116 valence electrons. The van der Waals surface area contributed by atoms with Crippen LogP contribution in [0.5, 0.6) is 0 Å². The third-order valence-corrected chi connectivity index (χ3v) is 3.73. The van der Waals surface area contributed by atoms with Crippen molar-refractivity contribution >= 4 is 11.8 Å². The van der Waals surface area contributed by atoms with Crippen molar-refractivity contribution in [3.63, 3.8) is 0 Å². The van der Waals surface area contributed by atoms with Crippen molar-refractivity contribution in [2.75, 3.05) is 26.2 Å². The highest BCUT2D eigenvalue weighted by Gasteiger charge is 2.22. The van der Waals surface area contributed by atoms with Gasteiger partial charge in [-0.25, -0.2) is 0 Å². The summed E-state index contributed by atoms with van der Waals surface area (Å²) in [6.07, 6.45) is 5.16. The molecule has 20 heavy (non-hydrogen) atoms. The number of rotatable bonds is 6. The molecule has 1 saturated heterocycles. The number of likely N-dealkylation sites (tertiary alicyclic amines) is 1. The molecule has 1 heterocycles. The number of nitrogens with zero attached hydrogens (tertiary/aromatic N) is 1. The number of carbonyl (C=O) groups excluding carboxylic acids is 2. The Hall–Kier alpha value is -1.10. The summed E-state index contributed by atoms with van der Waals surface area (Å²) in [5, 5.41) is 5.65. The molecule has 0 aliphatic carbocycles. The standard InChI is InChI=1S/C15H29N3O2/c1-12(2)14(17-13(3)19)15(20)16-8-11-18-9-6-4-5-7-10-18/h12,14H,4-11H2,1-3H3,(H,16,20)(H,17,19). The lowest BCUT2D eigenvalue weighted by Crippen LogP contribution is -2.50. The number of amides is 2. The van der Waals surface area contributed by atoms with Gasteiger partial charge in [-0.05, 0) is 31.8 Å². The molecule has 0 aromatic heterocycles. The van der Waals surface area contributed by atoms with Gasteiger partial charge < -0.3 is 15.5 Å². The summed E-state index contributed by atoms with van der Waals surface area (Å²) in [7, 11) is 0. The maximum absolute atomic E-state index is 12.1. The minimum atomic E-state index is -0.434. The summed E-state index contributed by atoms with van der Waals surface area (Å²) in [6.45, 7) is 9.15. The highest BCUT2D eigenvalue weighted by Crippen LogP contribution is 2.08. The summed E-state index contributed by atoms with van der Waals surface area (Å²) in [6, 6.07) is -0.434. The minimum Gasteiger partial charge on any atom is -0.353 e. The van der Waals surface area contributed by atoms with Crippen molar-refractivity contribution in [3.05, 3.63) is 0 Å². The molecule has 1 atom stereocenters. The van der Waals surface area contributed by atoms with Crippen molar-refractivity contribution in [1.82, 2.24) is 15.5 Å². The van der Waals surface area contributed by atoms with Gasteiger partial charge in [0.05, 0.1) is 0 Å². The van der Waals surface area contributed by atoms with E-state index < -0.39 is 6.04 Å². The Morgan fingerprint density at radius 3 is 2.20 bits per heavy atom. The van der Waals surface area contributed by atoms with Gasteiger partial charge in [0.15, 0.2) is 0 Å². The Kier molecular flexibility index (Phi) is 7.59. The van der Waals surface area contributed by atoms with E-state index in [1.165, 1.54) is 32.6 Å². The van der Waals surface area contributed by atoms with Crippen LogP contribution in [0.3, 0.4) is 0 Å². The van der Waals surface area contributed by atoms with Gasteiger partial charge in [0.1, 0.15) is 6.04 Å². The fourth-order valence-corrected chi connectivity index (χ4v) is 2.56. The Bertz CT molecular complexity index is 310. The van der Waals surface area contributed by atoms with Crippen LogP contribution in [0.4, 0.5) is 0 Å². The molecule has 0 saturated carbocycles. The predicted molar refractivity (Wildman–Crippen MR) is 80.4 cm³/mol. The van der Waals surface area contributed by atoms with Crippen LogP contribution in [0.1, 0.15) is 46.5 Å². The monoisotopic (exact) mass is 283 g/mol. The largest absolute Gasteiger partial charge is 0.353 e. The van der Waals surface area contributed by atoms with Crippen molar-refractivity contribution in [2.45, 2.75) is 52.5 Å². The molecule has 0 radical (unpaired) electrons. The maximum atomic E-state index is 12.1. The van der Waals surface area contributed by atoms with Gasteiger partial charge in [-0.15, -0.1) is 0 Å². The highest BCUT2D eigenvalue weighted by atomic mass is 16.2. The van der Waals surface area contributed by atoms with Crippen LogP contribution in [0.2, 0.25) is 0 Å². The molecule has 0 aromatic carbocycles. The predicted octanol–water partition coefficient (Wildman–Crippen LogP) is 1.14. The molecule has 1 rings (SSSR count). The van der Waals surface area contributed by atoms with Gasteiger partial charge in [0, 0.05) is 20.0 Å². The summed E-state index contributed by atoms with van der Waals surface area (Å²) < 4.78 is 0. The molecule has 1 aliphatic heterocycles. The molecule has 0 spiro atoms. The Morgan fingerprint density at radius 1 is 1.10 bits per heavy atom. The molecule has 1 aliphatic rings. The minimum absolute atomic E-state index is 0.0787. The van der Waals surface area contributed by atoms with Gasteiger partial charge in [-0.2, -0.15) is 0 Å². The highest BCUT2D eigenvalue weighted by molar-refractivity contribution is 5.86. The van der Waals surface area contributed by atoms with E-state index in [4.69, 9.17) is 0 Å². The summed E-state index contributed by atoms with van der Waals surface area (Å²) in [5.41, 5.74) is 0. The topological polar surface area (TPSA) is 61.4 Å². The normalized spacial score (nSPS) is 18.4. The first-order valence-corrected chi connectivity index (χ1v) is 7.78. The number of carbonyl (C=O) groups is 2. The first-order chi connectivity index (χ1) is 9.50. The van der Waals surface area contributed by atoms with E-state index in [-0.39, 0.29) is 17.7 Å². The van der Waals surface area contributed by atoms with E-state index in [0.29, 0.717) is 6.54 Å². The molecule has 1 unspecified atom stereocenters. The van der Waals surface area contributed by atoms with Crippen LogP contribution < -0.4 is 10.6 Å². The van der Waals surface area contributed by atoms with E-state index in [0.717, 1.165) is 19.6 Å². The van der Waals surface area contributed by atoms with Gasteiger partial charge >= 0.3 is 0 Å². The number of hydrogen-bond donors (Lipinski definition) is 2. The zero-order valence-corrected chi connectivity index (χ0v) is 13.1. The zero-order chi connectivity index (χ0) is 15.0. The third-order valence-electron chi connectivity index (χ3n) is 3.73. The van der Waals surface area contributed by atoms with E-state index in [2.05, 4.69) is 15.5 Å². The summed E-state index contributed by atoms with van der Waals surface area (Å²) in [5.74, 6) is -0.145. The average molecular weight is 283 g/mol. The van der Waals surface area contributed by atoms with Crippen LogP contribution in [-0.4, -0.2) is 48.9 Å². The quantitative estimate of drug-likeness (QED) is 0.768. The van der Waals surface area contributed by atoms with Crippen LogP contribution in [0, 0.1) is 5.92 Å². The molecule has 0 bridgehead atoms. The van der Waals surface area contributed by atoms with E-state index in [9.17, 15) is 9.59 Å². The van der Waals surface area contributed by atoms with Crippen molar-refractivity contribution in [1.29, 1.82) is 0 Å². The first kappa shape index (κ1) is 17.0. The van der Waals surface area contributed by atoms with Gasteiger partial charge in [-0.3, -0.25) is 9.59 Å². The fraction of sp³-hybridized carbons (Fsp3) is 0.867. The van der Waals surface area contributed by atoms with Crippen LogP contribution in [-0.2, 0) is 9.59 Å². The Balaban J connectivity index is 2.31. The van der Waals surface area contributed by atoms with Crippen molar-refractivity contribution < 1.29 is 9.59 Å². The van der Waals surface area contributed by atoms with Gasteiger partial charge in [0.25, 0.3) is 0 Å². The lowest BCUT2D eigenvalue weighted by Gasteiger charge is -2.23. The van der Waals surface area contributed by atoms with Crippen LogP contribution >= 0.6 is 0 Å². The van der Waals surface area contributed by atoms with Crippen molar-refractivity contribution in [2.24, 2.45) is 5.92 Å². The molecule has 0 aromatic rings. The second kappa shape index (κ2) is 8.95. The first-order valence-electron chi connectivity index (χ1n) is 7.78. The molecule has 1 fully saturated rings. The molecular formula is C15H29N3O2. The van der Waals surface area contributed by atoms with E-state index in [1.807, 2.05) is 13.8 Å². The van der Waals surface area contributed by atoms with Crippen LogP contribution in [0.25, 0.3) is 0 Å². The number of hydrogen-bond acceptors (Lipinski definition) is 3. The Labute approximate surface area is 122 Å². The summed E-state index contributed by atoms with van der Waals surface area (Å²) >= 11 is 0. The molecular weight excluding hydrogens is 254 g/mol. The zero-order valence-electron chi connectivity index (χ0n) is 13.1. The third kappa shape index (κ3) is 6.37. The lowest BCUT2D eigenvalue weighted by molar-refractivity contribution is -0.129. The fourth-order valence-electron chi connectivity index (χ4n) is 2.56. The van der Waals surface area contributed by atoms with Gasteiger partial charge in [0.2, 0.25) is 11.8 Å². The average Bonchev–Trinajstić information content (AvgIpc) is 2.64. The van der Waals surface area contributed by atoms with Crippen molar-refractivity contribution in [3.8, 4) is 0 Å². The SMILES string of the molecule is CC(=O)NC(C(=O)NCCN1CCCCCC1)C(C)C.